The summed E-state index contributed by atoms with van der Waals surface area (Å²) in [6.07, 6.45) is 2.05. The van der Waals surface area contributed by atoms with Crippen molar-refractivity contribution in [3.63, 3.8) is 0 Å². The van der Waals surface area contributed by atoms with Gasteiger partial charge >= 0.3 is 0 Å². The second-order valence-electron chi connectivity index (χ2n) is 5.49. The maximum atomic E-state index is 13.2. The molecule has 0 aliphatic carbocycles. The number of carbonyl (C=O) groups is 1. The molecule has 4 nitrogen and oxygen atoms in total. The molecule has 2 aromatic carbocycles. The van der Waals surface area contributed by atoms with Crippen LogP contribution in [0.15, 0.2) is 59.9 Å². The number of fused-ring (bicyclic) bond motifs is 1. The van der Waals surface area contributed by atoms with Crippen molar-refractivity contribution in [1.82, 2.24) is 9.55 Å². The minimum absolute atomic E-state index is 0.293. The predicted octanol–water partition coefficient (Wildman–Crippen LogP) is 4.05. The summed E-state index contributed by atoms with van der Waals surface area (Å²) in [5.41, 5.74) is 2.89. The highest BCUT2D eigenvalue weighted by molar-refractivity contribution is 7.99. The van der Waals surface area contributed by atoms with E-state index in [1.165, 1.54) is 18.2 Å². The fourth-order valence-electron chi connectivity index (χ4n) is 2.61. The van der Waals surface area contributed by atoms with E-state index in [0.717, 1.165) is 28.7 Å². The summed E-state index contributed by atoms with van der Waals surface area (Å²) in [5.74, 6) is 0.316. The largest absolute Gasteiger partial charge is 0.325 e. The molecule has 4 rings (SSSR count). The normalized spacial score (nSPS) is 12.9. The van der Waals surface area contributed by atoms with Crippen LogP contribution in [0.4, 0.5) is 10.1 Å². The fraction of sp³-hybridized carbons (Fsp3) is 0.111. The van der Waals surface area contributed by atoms with Gasteiger partial charge in [-0.05, 0) is 30.3 Å². The zero-order chi connectivity index (χ0) is 16.5. The lowest BCUT2D eigenvalue weighted by atomic mass is 10.1. The zero-order valence-corrected chi connectivity index (χ0v) is 13.5. The lowest BCUT2D eigenvalue weighted by molar-refractivity contribution is 0.102. The summed E-state index contributed by atoms with van der Waals surface area (Å²) < 4.78 is 15.3. The molecule has 6 heteroatoms. The van der Waals surface area contributed by atoms with E-state index < -0.39 is 5.82 Å². The number of aromatic nitrogens is 2. The summed E-state index contributed by atoms with van der Waals surface area (Å²) in [5, 5.41) is 3.82. The molecule has 0 atom stereocenters. The Morgan fingerprint density at radius 2 is 2.04 bits per heavy atom. The highest BCUT2D eigenvalue weighted by Crippen LogP contribution is 2.29. The SMILES string of the molecule is O=C(Nc1ccc(-c2cn3c(n2)SCC3)cc1)c1cccc(F)c1. The van der Waals surface area contributed by atoms with Gasteiger partial charge in [-0.3, -0.25) is 4.79 Å². The number of aryl methyl sites for hydroxylation is 1. The number of nitrogens with zero attached hydrogens (tertiary/aromatic N) is 2. The van der Waals surface area contributed by atoms with Crippen molar-refractivity contribution >= 4 is 23.4 Å². The van der Waals surface area contributed by atoms with Crippen LogP contribution in [0.3, 0.4) is 0 Å². The molecule has 0 bridgehead atoms. The van der Waals surface area contributed by atoms with Crippen LogP contribution in [0.1, 0.15) is 10.4 Å². The average molecular weight is 339 g/mol. The van der Waals surface area contributed by atoms with Gasteiger partial charge in [0.2, 0.25) is 0 Å². The molecular formula is C18H14FN3OS. The Morgan fingerprint density at radius 3 is 2.79 bits per heavy atom. The molecule has 1 aromatic heterocycles. The number of anilines is 1. The van der Waals surface area contributed by atoms with E-state index in [2.05, 4.69) is 21.1 Å². The highest BCUT2D eigenvalue weighted by Gasteiger charge is 2.15. The molecular weight excluding hydrogens is 325 g/mol. The van der Waals surface area contributed by atoms with Crippen LogP contribution in [0.2, 0.25) is 0 Å². The van der Waals surface area contributed by atoms with E-state index in [1.54, 1.807) is 17.8 Å². The maximum Gasteiger partial charge on any atom is 0.255 e. The van der Waals surface area contributed by atoms with Crippen LogP contribution in [0, 0.1) is 5.82 Å². The van der Waals surface area contributed by atoms with Crippen molar-refractivity contribution in [2.75, 3.05) is 11.1 Å². The van der Waals surface area contributed by atoms with Crippen molar-refractivity contribution in [1.29, 1.82) is 0 Å². The van der Waals surface area contributed by atoms with Gasteiger partial charge in [0.25, 0.3) is 5.91 Å². The highest BCUT2D eigenvalue weighted by atomic mass is 32.2. The Balaban J connectivity index is 1.50. The van der Waals surface area contributed by atoms with Gasteiger partial charge in [-0.15, -0.1) is 0 Å². The first-order valence-corrected chi connectivity index (χ1v) is 8.55. The zero-order valence-electron chi connectivity index (χ0n) is 12.7. The third-order valence-electron chi connectivity index (χ3n) is 3.83. The van der Waals surface area contributed by atoms with Crippen LogP contribution in [-0.2, 0) is 6.54 Å². The Labute approximate surface area is 142 Å². The van der Waals surface area contributed by atoms with Crippen LogP contribution in [0.25, 0.3) is 11.3 Å². The number of hydrogen-bond donors (Lipinski definition) is 1. The number of carbonyl (C=O) groups excluding carboxylic acids is 1. The average Bonchev–Trinajstić information content (AvgIpc) is 3.17. The monoisotopic (exact) mass is 339 g/mol. The molecule has 1 aliphatic heterocycles. The van der Waals surface area contributed by atoms with E-state index in [1.807, 2.05) is 24.3 Å². The van der Waals surface area contributed by atoms with E-state index in [0.29, 0.717) is 11.3 Å². The van der Waals surface area contributed by atoms with E-state index in [4.69, 9.17) is 0 Å². The first-order chi connectivity index (χ1) is 11.7. The number of halogens is 1. The van der Waals surface area contributed by atoms with Gasteiger partial charge in [0.1, 0.15) is 5.82 Å². The topological polar surface area (TPSA) is 46.9 Å². The van der Waals surface area contributed by atoms with Gasteiger partial charge in [0, 0.05) is 35.3 Å². The van der Waals surface area contributed by atoms with Gasteiger partial charge in [-0.1, -0.05) is 30.0 Å². The lowest BCUT2D eigenvalue weighted by Gasteiger charge is -2.06. The van der Waals surface area contributed by atoms with Crippen molar-refractivity contribution in [2.24, 2.45) is 0 Å². The van der Waals surface area contributed by atoms with Crippen LogP contribution >= 0.6 is 11.8 Å². The Morgan fingerprint density at radius 1 is 1.21 bits per heavy atom. The summed E-state index contributed by atoms with van der Waals surface area (Å²) in [4.78, 5) is 16.7. The first-order valence-electron chi connectivity index (χ1n) is 7.56. The summed E-state index contributed by atoms with van der Waals surface area (Å²) >= 11 is 1.76. The summed E-state index contributed by atoms with van der Waals surface area (Å²) in [6, 6.07) is 13.1. The second kappa shape index (κ2) is 6.13. The number of amides is 1. The van der Waals surface area contributed by atoms with Gasteiger partial charge in [0.15, 0.2) is 5.16 Å². The number of imidazole rings is 1. The van der Waals surface area contributed by atoms with E-state index in [9.17, 15) is 9.18 Å². The van der Waals surface area contributed by atoms with Crippen LogP contribution < -0.4 is 5.32 Å². The molecule has 120 valence electrons. The number of rotatable bonds is 3. The molecule has 0 saturated carbocycles. The van der Waals surface area contributed by atoms with Gasteiger partial charge in [-0.25, -0.2) is 9.37 Å². The van der Waals surface area contributed by atoms with Crippen LogP contribution in [-0.4, -0.2) is 21.2 Å². The number of hydrogen-bond acceptors (Lipinski definition) is 3. The fourth-order valence-corrected chi connectivity index (χ4v) is 3.55. The summed E-state index contributed by atoms with van der Waals surface area (Å²) in [7, 11) is 0. The molecule has 0 unspecified atom stereocenters. The van der Waals surface area contributed by atoms with Crippen molar-refractivity contribution in [3.05, 3.63) is 66.1 Å². The molecule has 0 spiro atoms. The number of nitrogens with one attached hydrogen (secondary N) is 1. The minimum Gasteiger partial charge on any atom is -0.325 e. The predicted molar refractivity (Wildman–Crippen MR) is 92.7 cm³/mol. The second-order valence-corrected chi connectivity index (χ2v) is 6.55. The van der Waals surface area contributed by atoms with Gasteiger partial charge < -0.3 is 9.88 Å². The van der Waals surface area contributed by atoms with Crippen molar-refractivity contribution in [2.45, 2.75) is 11.7 Å². The van der Waals surface area contributed by atoms with Gasteiger partial charge in [0.05, 0.1) is 5.69 Å². The molecule has 24 heavy (non-hydrogen) atoms. The van der Waals surface area contributed by atoms with Crippen molar-refractivity contribution in [3.8, 4) is 11.3 Å². The molecule has 1 aliphatic rings. The van der Waals surface area contributed by atoms with E-state index >= 15 is 0 Å². The van der Waals surface area contributed by atoms with Crippen molar-refractivity contribution < 1.29 is 9.18 Å². The maximum absolute atomic E-state index is 13.2. The Hall–Kier alpha value is -2.60. The lowest BCUT2D eigenvalue weighted by Crippen LogP contribution is -2.11. The number of benzene rings is 2. The first kappa shape index (κ1) is 15.0. The Kier molecular flexibility index (Phi) is 3.82. The molecule has 2 heterocycles. The molecule has 1 amide bonds. The third-order valence-corrected chi connectivity index (χ3v) is 4.80. The summed E-state index contributed by atoms with van der Waals surface area (Å²) in [6.45, 7) is 0.995. The van der Waals surface area contributed by atoms with Crippen LogP contribution in [0.5, 0.6) is 0 Å². The smallest absolute Gasteiger partial charge is 0.255 e. The Bertz CT molecular complexity index is 883. The molecule has 3 aromatic rings. The molecule has 0 saturated heterocycles. The molecule has 0 fully saturated rings. The quantitative estimate of drug-likeness (QED) is 0.783. The third kappa shape index (κ3) is 2.92. The van der Waals surface area contributed by atoms with Gasteiger partial charge in [-0.2, -0.15) is 0 Å². The minimum atomic E-state index is -0.427. The molecule has 1 N–H and O–H groups in total. The standard InChI is InChI=1S/C18H14FN3OS/c19-14-3-1-2-13(10-14)17(23)20-15-6-4-12(5-7-15)16-11-22-8-9-24-18(22)21-16/h1-7,10-11H,8-9H2,(H,20,23). The molecule has 0 radical (unpaired) electrons. The number of thioether (sulfide) groups is 1. The van der Waals surface area contributed by atoms with E-state index in [-0.39, 0.29) is 5.91 Å².